The molecule has 0 amide bonds. The smallest absolute Gasteiger partial charge is 0.137 e. The molecule has 7 nitrogen and oxygen atoms in total. The maximum absolute atomic E-state index is 5.19. The molecule has 0 spiro atoms. The monoisotopic (exact) mass is 380 g/mol. The molecule has 0 aliphatic rings. The van der Waals surface area contributed by atoms with Crippen LogP contribution in [0.1, 0.15) is 17.1 Å². The van der Waals surface area contributed by atoms with E-state index in [4.69, 9.17) is 14.2 Å². The van der Waals surface area contributed by atoms with Crippen LogP contribution in [0.3, 0.4) is 0 Å². The lowest BCUT2D eigenvalue weighted by Gasteiger charge is -2.21. The van der Waals surface area contributed by atoms with Crippen LogP contribution < -0.4 is 14.2 Å². The van der Waals surface area contributed by atoms with Gasteiger partial charge in [0.25, 0.3) is 0 Å². The minimum absolute atomic E-state index is 0.658. The van der Waals surface area contributed by atoms with Crippen molar-refractivity contribution in [2.75, 3.05) is 21.3 Å². The van der Waals surface area contributed by atoms with Crippen molar-refractivity contribution in [3.63, 3.8) is 0 Å². The number of pyridine rings is 3. The van der Waals surface area contributed by atoms with Crippen LogP contribution in [-0.2, 0) is 19.6 Å². The highest BCUT2D eigenvalue weighted by Crippen LogP contribution is 2.16. The van der Waals surface area contributed by atoms with Gasteiger partial charge in [0.05, 0.1) is 57.0 Å². The highest BCUT2D eigenvalue weighted by atomic mass is 16.5. The lowest BCUT2D eigenvalue weighted by molar-refractivity contribution is 0.238. The highest BCUT2D eigenvalue weighted by molar-refractivity contribution is 5.22. The summed E-state index contributed by atoms with van der Waals surface area (Å²) in [4.78, 5) is 15.7. The Morgan fingerprint density at radius 2 is 0.893 bits per heavy atom. The average molecular weight is 380 g/mol. The largest absolute Gasteiger partial charge is 0.495 e. The van der Waals surface area contributed by atoms with Crippen molar-refractivity contribution in [3.8, 4) is 17.2 Å². The van der Waals surface area contributed by atoms with Gasteiger partial charge in [-0.25, -0.2) is 0 Å². The van der Waals surface area contributed by atoms with Gasteiger partial charge in [0.15, 0.2) is 0 Å². The van der Waals surface area contributed by atoms with Gasteiger partial charge in [-0.15, -0.1) is 0 Å². The molecule has 0 fully saturated rings. The van der Waals surface area contributed by atoms with E-state index in [0.29, 0.717) is 19.6 Å². The zero-order valence-electron chi connectivity index (χ0n) is 16.3. The molecule has 3 heterocycles. The first kappa shape index (κ1) is 19.6. The topological polar surface area (TPSA) is 69.6 Å². The molecule has 0 aliphatic heterocycles. The van der Waals surface area contributed by atoms with Crippen LogP contribution in [0.25, 0.3) is 0 Å². The van der Waals surface area contributed by atoms with Crippen molar-refractivity contribution in [1.82, 2.24) is 19.9 Å². The van der Waals surface area contributed by atoms with E-state index in [1.807, 2.05) is 36.4 Å². The zero-order chi connectivity index (χ0) is 19.8. The van der Waals surface area contributed by atoms with E-state index in [-0.39, 0.29) is 0 Å². The molecule has 3 aromatic rings. The standard InChI is InChI=1S/C21H24N4O3/c1-26-19-7-4-16(22-10-19)13-25(14-17-5-8-20(27-2)11-23-17)15-18-6-9-21(28-3)12-24-18/h4-12H,13-15H2,1-3H3. The predicted molar refractivity (Wildman–Crippen MR) is 105 cm³/mol. The lowest BCUT2D eigenvalue weighted by Crippen LogP contribution is -2.24. The molecule has 0 radical (unpaired) electrons. The molecule has 3 rings (SSSR count). The van der Waals surface area contributed by atoms with Crippen molar-refractivity contribution in [2.45, 2.75) is 19.6 Å². The fraction of sp³-hybridized carbons (Fsp3) is 0.286. The van der Waals surface area contributed by atoms with E-state index in [9.17, 15) is 0 Å². The predicted octanol–water partition coefficient (Wildman–Crippen LogP) is 3.10. The zero-order valence-corrected chi connectivity index (χ0v) is 16.3. The van der Waals surface area contributed by atoms with Crippen molar-refractivity contribution in [1.29, 1.82) is 0 Å². The van der Waals surface area contributed by atoms with Gasteiger partial charge in [0.1, 0.15) is 17.2 Å². The molecular weight excluding hydrogens is 356 g/mol. The summed E-state index contributed by atoms with van der Waals surface area (Å²) in [5.74, 6) is 2.22. The number of ether oxygens (including phenoxy) is 3. The first-order valence-electron chi connectivity index (χ1n) is 8.89. The quantitative estimate of drug-likeness (QED) is 0.565. The summed E-state index contributed by atoms with van der Waals surface area (Å²) in [6.07, 6.45) is 5.18. The first-order chi connectivity index (χ1) is 13.7. The summed E-state index contributed by atoms with van der Waals surface area (Å²) in [5.41, 5.74) is 2.84. The Bertz CT molecular complexity index is 735. The van der Waals surface area contributed by atoms with Crippen LogP contribution in [0.5, 0.6) is 17.2 Å². The van der Waals surface area contributed by atoms with Gasteiger partial charge in [0.2, 0.25) is 0 Å². The molecule has 0 aliphatic carbocycles. The summed E-state index contributed by atoms with van der Waals surface area (Å²) in [6, 6.07) is 11.6. The van der Waals surface area contributed by atoms with Crippen molar-refractivity contribution >= 4 is 0 Å². The average Bonchev–Trinajstić information content (AvgIpc) is 2.75. The molecule has 0 bridgehead atoms. The number of hydrogen-bond donors (Lipinski definition) is 0. The van der Waals surface area contributed by atoms with Gasteiger partial charge >= 0.3 is 0 Å². The molecule has 3 aromatic heterocycles. The Morgan fingerprint density at radius 3 is 1.11 bits per heavy atom. The Hall–Kier alpha value is -3.19. The minimum Gasteiger partial charge on any atom is -0.495 e. The van der Waals surface area contributed by atoms with E-state index in [2.05, 4.69) is 19.9 Å². The summed E-state index contributed by atoms with van der Waals surface area (Å²) in [6.45, 7) is 1.97. The number of aromatic nitrogens is 3. The molecular formula is C21H24N4O3. The molecule has 7 heteroatoms. The van der Waals surface area contributed by atoms with Crippen molar-refractivity contribution in [2.24, 2.45) is 0 Å². The molecule has 28 heavy (non-hydrogen) atoms. The van der Waals surface area contributed by atoms with Gasteiger partial charge in [-0.1, -0.05) is 0 Å². The second-order valence-corrected chi connectivity index (χ2v) is 6.21. The van der Waals surface area contributed by atoms with Crippen LogP contribution in [0.4, 0.5) is 0 Å². The van der Waals surface area contributed by atoms with Gasteiger partial charge in [0, 0.05) is 19.6 Å². The number of hydrogen-bond acceptors (Lipinski definition) is 7. The van der Waals surface area contributed by atoms with E-state index >= 15 is 0 Å². The van der Waals surface area contributed by atoms with E-state index in [1.54, 1.807) is 39.9 Å². The van der Waals surface area contributed by atoms with Gasteiger partial charge in [-0.2, -0.15) is 0 Å². The van der Waals surface area contributed by atoms with Gasteiger partial charge < -0.3 is 14.2 Å². The number of methoxy groups -OCH3 is 3. The summed E-state index contributed by atoms with van der Waals surface area (Å²) < 4.78 is 15.6. The molecule has 0 saturated heterocycles. The van der Waals surface area contributed by atoms with Crippen LogP contribution in [0.2, 0.25) is 0 Å². The van der Waals surface area contributed by atoms with E-state index in [1.165, 1.54) is 0 Å². The van der Waals surface area contributed by atoms with Crippen molar-refractivity contribution in [3.05, 3.63) is 72.1 Å². The van der Waals surface area contributed by atoms with Crippen LogP contribution in [0, 0.1) is 0 Å². The molecule has 0 N–H and O–H groups in total. The van der Waals surface area contributed by atoms with Crippen LogP contribution in [-0.4, -0.2) is 41.2 Å². The molecule has 146 valence electrons. The van der Waals surface area contributed by atoms with Crippen molar-refractivity contribution < 1.29 is 14.2 Å². The summed E-state index contributed by atoms with van der Waals surface area (Å²) in [7, 11) is 4.90. The maximum atomic E-state index is 5.19. The van der Waals surface area contributed by atoms with Gasteiger partial charge in [-0.05, 0) is 36.4 Å². The Morgan fingerprint density at radius 1 is 0.571 bits per heavy atom. The lowest BCUT2D eigenvalue weighted by atomic mass is 10.2. The minimum atomic E-state index is 0.658. The third-order valence-electron chi connectivity index (χ3n) is 4.26. The number of rotatable bonds is 9. The fourth-order valence-corrected chi connectivity index (χ4v) is 2.73. The third-order valence-corrected chi connectivity index (χ3v) is 4.26. The highest BCUT2D eigenvalue weighted by Gasteiger charge is 2.12. The molecule has 0 atom stereocenters. The maximum Gasteiger partial charge on any atom is 0.137 e. The third kappa shape index (κ3) is 5.40. The van der Waals surface area contributed by atoms with Crippen LogP contribution in [0.15, 0.2) is 55.0 Å². The second kappa shape index (κ2) is 9.66. The van der Waals surface area contributed by atoms with E-state index < -0.39 is 0 Å². The van der Waals surface area contributed by atoms with Crippen LogP contribution >= 0.6 is 0 Å². The SMILES string of the molecule is COc1ccc(CN(Cc2ccc(OC)cn2)Cc2ccc(OC)cn2)nc1. The number of nitrogens with zero attached hydrogens (tertiary/aromatic N) is 4. The second-order valence-electron chi connectivity index (χ2n) is 6.21. The Kier molecular flexibility index (Phi) is 6.75. The Balaban J connectivity index is 1.76. The molecule has 0 saturated carbocycles. The first-order valence-corrected chi connectivity index (χ1v) is 8.89. The summed E-state index contributed by atoms with van der Waals surface area (Å²) in [5, 5.41) is 0. The molecule has 0 unspecified atom stereocenters. The van der Waals surface area contributed by atoms with E-state index in [0.717, 1.165) is 34.3 Å². The fourth-order valence-electron chi connectivity index (χ4n) is 2.73. The molecule has 0 aromatic carbocycles. The Labute approximate surface area is 164 Å². The normalized spacial score (nSPS) is 10.7. The summed E-state index contributed by atoms with van der Waals surface area (Å²) >= 11 is 0. The van der Waals surface area contributed by atoms with Gasteiger partial charge in [-0.3, -0.25) is 19.9 Å².